The van der Waals surface area contributed by atoms with Crippen molar-refractivity contribution in [2.24, 2.45) is 0 Å². The van der Waals surface area contributed by atoms with Crippen molar-refractivity contribution in [3.63, 3.8) is 0 Å². The van der Waals surface area contributed by atoms with Crippen LogP contribution < -0.4 is 0 Å². The predicted octanol–water partition coefficient (Wildman–Crippen LogP) is 2.32. The molecule has 7 nitrogen and oxygen atoms in total. The van der Waals surface area contributed by atoms with Crippen molar-refractivity contribution in [1.29, 1.82) is 0 Å². The monoisotopic (exact) mass is 367 g/mol. The highest BCUT2D eigenvalue weighted by atomic mass is 16.5. The van der Waals surface area contributed by atoms with E-state index in [1.54, 1.807) is 24.3 Å². The van der Waals surface area contributed by atoms with E-state index in [2.05, 4.69) is 4.74 Å². The number of amides is 2. The van der Waals surface area contributed by atoms with Gasteiger partial charge < -0.3 is 9.47 Å². The highest BCUT2D eigenvalue weighted by Crippen LogP contribution is 2.22. The fourth-order valence-corrected chi connectivity index (χ4v) is 2.77. The molecule has 0 N–H and O–H groups in total. The lowest BCUT2D eigenvalue weighted by molar-refractivity contribution is 0.0480. The van der Waals surface area contributed by atoms with Gasteiger partial charge in [-0.05, 0) is 42.8 Å². The van der Waals surface area contributed by atoms with Crippen LogP contribution in [0, 0.1) is 0 Å². The Morgan fingerprint density at radius 3 is 1.89 bits per heavy atom. The summed E-state index contributed by atoms with van der Waals surface area (Å²) in [5, 5.41) is 0. The zero-order valence-corrected chi connectivity index (χ0v) is 14.6. The standard InChI is InChI=1S/C20H17NO6/c1-26-19(24)13-7-9-14(10-8-13)20(25)27-12-4-11-21-17(22)15-5-2-3-6-16(15)18(21)23/h2-3,5-10H,4,11-12H2,1H3. The molecule has 1 aliphatic heterocycles. The van der Waals surface area contributed by atoms with Gasteiger partial charge in [0, 0.05) is 6.54 Å². The Bertz CT molecular complexity index is 868. The van der Waals surface area contributed by atoms with Gasteiger partial charge in [0.2, 0.25) is 0 Å². The second-order valence-electron chi connectivity index (χ2n) is 5.87. The van der Waals surface area contributed by atoms with Gasteiger partial charge in [-0.3, -0.25) is 14.5 Å². The van der Waals surface area contributed by atoms with E-state index in [9.17, 15) is 19.2 Å². The number of carbonyl (C=O) groups is 4. The van der Waals surface area contributed by atoms with Crippen LogP contribution >= 0.6 is 0 Å². The van der Waals surface area contributed by atoms with Gasteiger partial charge in [0.05, 0.1) is 36.0 Å². The summed E-state index contributed by atoms with van der Waals surface area (Å²) < 4.78 is 9.75. The number of hydrogen-bond donors (Lipinski definition) is 0. The van der Waals surface area contributed by atoms with Crippen molar-refractivity contribution in [3.05, 3.63) is 70.8 Å². The van der Waals surface area contributed by atoms with E-state index in [4.69, 9.17) is 4.74 Å². The summed E-state index contributed by atoms with van der Waals surface area (Å²) in [7, 11) is 1.28. The molecule has 0 saturated carbocycles. The van der Waals surface area contributed by atoms with E-state index in [0.717, 1.165) is 4.90 Å². The van der Waals surface area contributed by atoms with Gasteiger partial charge in [0.1, 0.15) is 0 Å². The molecule has 0 aromatic heterocycles. The summed E-state index contributed by atoms with van der Waals surface area (Å²) in [5.74, 6) is -1.70. The number of esters is 2. The molecule has 1 heterocycles. The largest absolute Gasteiger partial charge is 0.465 e. The highest BCUT2D eigenvalue weighted by Gasteiger charge is 2.34. The van der Waals surface area contributed by atoms with Crippen molar-refractivity contribution in [1.82, 2.24) is 4.90 Å². The van der Waals surface area contributed by atoms with E-state index in [-0.39, 0.29) is 25.0 Å². The number of carbonyl (C=O) groups excluding carboxylic acids is 4. The van der Waals surface area contributed by atoms with Crippen LogP contribution in [0.15, 0.2) is 48.5 Å². The minimum Gasteiger partial charge on any atom is -0.465 e. The van der Waals surface area contributed by atoms with Crippen LogP contribution in [-0.4, -0.2) is 48.9 Å². The molecule has 2 aromatic rings. The van der Waals surface area contributed by atoms with Crippen molar-refractivity contribution >= 4 is 23.8 Å². The summed E-state index contributed by atoms with van der Waals surface area (Å²) in [6.07, 6.45) is 0.331. The van der Waals surface area contributed by atoms with Gasteiger partial charge in [0.25, 0.3) is 11.8 Å². The molecular weight excluding hydrogens is 350 g/mol. The Hall–Kier alpha value is -3.48. The average Bonchev–Trinajstić information content (AvgIpc) is 2.95. The van der Waals surface area contributed by atoms with E-state index in [0.29, 0.717) is 28.7 Å². The van der Waals surface area contributed by atoms with Gasteiger partial charge >= 0.3 is 11.9 Å². The van der Waals surface area contributed by atoms with Gasteiger partial charge in [-0.1, -0.05) is 12.1 Å². The van der Waals surface area contributed by atoms with E-state index in [1.165, 1.54) is 31.4 Å². The van der Waals surface area contributed by atoms with Gasteiger partial charge in [0.15, 0.2) is 0 Å². The molecule has 0 fully saturated rings. The summed E-state index contributed by atoms with van der Waals surface area (Å²) in [6, 6.07) is 12.5. The van der Waals surface area contributed by atoms with Crippen molar-refractivity contribution in [3.8, 4) is 0 Å². The quantitative estimate of drug-likeness (QED) is 0.442. The molecule has 7 heteroatoms. The van der Waals surface area contributed by atoms with Crippen LogP contribution in [0.3, 0.4) is 0 Å². The maximum atomic E-state index is 12.2. The molecule has 0 saturated heterocycles. The third-order valence-electron chi connectivity index (χ3n) is 4.18. The van der Waals surface area contributed by atoms with Gasteiger partial charge in [-0.2, -0.15) is 0 Å². The molecule has 0 spiro atoms. The molecule has 2 amide bonds. The Balaban J connectivity index is 1.49. The van der Waals surface area contributed by atoms with Crippen LogP contribution in [0.1, 0.15) is 47.9 Å². The number of nitrogens with zero attached hydrogens (tertiary/aromatic N) is 1. The van der Waals surface area contributed by atoms with E-state index >= 15 is 0 Å². The number of methoxy groups -OCH3 is 1. The molecule has 1 aliphatic rings. The topological polar surface area (TPSA) is 90.0 Å². The fourth-order valence-electron chi connectivity index (χ4n) is 2.77. The highest BCUT2D eigenvalue weighted by molar-refractivity contribution is 6.21. The third kappa shape index (κ3) is 3.72. The number of imide groups is 1. The van der Waals surface area contributed by atoms with Crippen molar-refractivity contribution in [2.75, 3.05) is 20.3 Å². The van der Waals surface area contributed by atoms with Crippen molar-refractivity contribution < 1.29 is 28.7 Å². The molecule has 0 radical (unpaired) electrons. The zero-order chi connectivity index (χ0) is 19.4. The minimum atomic E-state index is -0.547. The number of fused-ring (bicyclic) bond motifs is 1. The zero-order valence-electron chi connectivity index (χ0n) is 14.6. The average molecular weight is 367 g/mol. The summed E-state index contributed by atoms with van der Waals surface area (Å²) in [6.45, 7) is 0.228. The van der Waals surface area contributed by atoms with Gasteiger partial charge in [-0.25, -0.2) is 9.59 Å². The lowest BCUT2D eigenvalue weighted by Gasteiger charge is -2.13. The van der Waals surface area contributed by atoms with Crippen molar-refractivity contribution in [2.45, 2.75) is 6.42 Å². The van der Waals surface area contributed by atoms with E-state index < -0.39 is 11.9 Å². The Labute approximate surface area is 155 Å². The summed E-state index contributed by atoms with van der Waals surface area (Å²) in [5.41, 5.74) is 1.42. The predicted molar refractivity (Wildman–Crippen MR) is 94.5 cm³/mol. The lowest BCUT2D eigenvalue weighted by atomic mass is 10.1. The maximum absolute atomic E-state index is 12.2. The van der Waals surface area contributed by atoms with Crippen LogP contribution in [0.25, 0.3) is 0 Å². The van der Waals surface area contributed by atoms with E-state index in [1.807, 2.05) is 0 Å². The Morgan fingerprint density at radius 2 is 1.37 bits per heavy atom. The molecule has 0 bridgehead atoms. The number of hydrogen-bond acceptors (Lipinski definition) is 6. The Morgan fingerprint density at radius 1 is 0.852 bits per heavy atom. The molecule has 0 atom stereocenters. The molecule has 3 rings (SSSR count). The molecular formula is C20H17NO6. The van der Waals surface area contributed by atoms with Crippen LogP contribution in [0.4, 0.5) is 0 Å². The Kier molecular flexibility index (Phi) is 5.30. The number of rotatable bonds is 6. The second-order valence-corrected chi connectivity index (χ2v) is 5.87. The van der Waals surface area contributed by atoms with Crippen LogP contribution in [0.5, 0.6) is 0 Å². The van der Waals surface area contributed by atoms with Crippen LogP contribution in [0.2, 0.25) is 0 Å². The summed E-state index contributed by atoms with van der Waals surface area (Å²) >= 11 is 0. The smallest absolute Gasteiger partial charge is 0.338 e. The lowest BCUT2D eigenvalue weighted by Crippen LogP contribution is -2.31. The van der Waals surface area contributed by atoms with Crippen LogP contribution in [-0.2, 0) is 9.47 Å². The summed E-state index contributed by atoms with van der Waals surface area (Å²) in [4.78, 5) is 49.0. The first kappa shape index (κ1) is 18.3. The fraction of sp³-hybridized carbons (Fsp3) is 0.200. The van der Waals surface area contributed by atoms with Gasteiger partial charge in [-0.15, -0.1) is 0 Å². The molecule has 27 heavy (non-hydrogen) atoms. The normalized spacial score (nSPS) is 12.7. The number of benzene rings is 2. The third-order valence-corrected chi connectivity index (χ3v) is 4.18. The minimum absolute atomic E-state index is 0.0605. The second kappa shape index (κ2) is 7.82. The molecule has 0 unspecified atom stereocenters. The molecule has 2 aromatic carbocycles. The number of ether oxygens (including phenoxy) is 2. The first-order chi connectivity index (χ1) is 13.0. The SMILES string of the molecule is COC(=O)c1ccc(C(=O)OCCCN2C(=O)c3ccccc3C2=O)cc1. The first-order valence-corrected chi connectivity index (χ1v) is 8.33. The maximum Gasteiger partial charge on any atom is 0.338 e. The molecule has 0 aliphatic carbocycles. The molecule has 138 valence electrons. The first-order valence-electron chi connectivity index (χ1n) is 8.33.